The van der Waals surface area contributed by atoms with E-state index in [-0.39, 0.29) is 83.2 Å². The van der Waals surface area contributed by atoms with Gasteiger partial charge in [-0.2, -0.15) is 0 Å². The van der Waals surface area contributed by atoms with Gasteiger partial charge in [-0.3, -0.25) is 49.6 Å². The Bertz CT molecular complexity index is 2860. The minimum Gasteiger partial charge on any atom is -0.460 e. The van der Waals surface area contributed by atoms with E-state index >= 15 is 0 Å². The van der Waals surface area contributed by atoms with E-state index in [1.807, 2.05) is 20.8 Å². The Labute approximate surface area is 491 Å². The Morgan fingerprint density at radius 2 is 0.817 bits per heavy atom. The SMILES string of the molecule is CC(C)(C)OC(=O)CC1=N[C@@]2(c3cc(N)ccc3F)CCCC[C@H]2CS1.CC(C)(C)OC(=O)CC1=N[C@@]2(c3cc([N+](=O)[O-])ccc3F)CCCC[C@H]2CS1.CC(C)(C)OC(=O)CC1=N[C@@]2(c3cc([N+](=O)[O-])ccc3F)CCCC[C@H]2CS1. The van der Waals surface area contributed by atoms with Crippen molar-refractivity contribution in [1.29, 1.82) is 0 Å². The Balaban J connectivity index is 0.000000177. The highest BCUT2D eigenvalue weighted by Gasteiger charge is 2.50. The van der Waals surface area contributed by atoms with Gasteiger partial charge in [0.25, 0.3) is 11.4 Å². The molecule has 0 saturated heterocycles. The number of hydrogen-bond donors (Lipinski definition) is 1. The molecule has 2 N–H and O–H groups in total. The van der Waals surface area contributed by atoms with Crippen molar-refractivity contribution in [1.82, 2.24) is 0 Å². The highest BCUT2D eigenvalue weighted by Crippen LogP contribution is 2.54. The number of nitro groups is 2. The summed E-state index contributed by atoms with van der Waals surface area (Å²) in [6.07, 6.45) is 11.0. The maximum Gasteiger partial charge on any atom is 0.312 e. The van der Waals surface area contributed by atoms with Crippen LogP contribution >= 0.6 is 35.3 Å². The fraction of sp³-hybridized carbons (Fsp3) is 0.600. The van der Waals surface area contributed by atoms with E-state index in [2.05, 4.69) is 0 Å². The van der Waals surface area contributed by atoms with Gasteiger partial charge in [0.2, 0.25) is 0 Å². The first-order valence-corrected chi connectivity index (χ1v) is 31.1. The van der Waals surface area contributed by atoms with E-state index in [1.54, 1.807) is 65.4 Å². The molecule has 0 unspecified atom stereocenters. The van der Waals surface area contributed by atoms with Crippen molar-refractivity contribution in [2.45, 2.75) is 192 Å². The molecule has 6 atom stereocenters. The minimum absolute atomic E-state index is 0.0347. The standard InChI is InChI=1S/2C20H25FN2O4S.C20H27FN2O2S/c2*1-19(2,3)27-18(24)11-17-22-20(9-5-4-6-13(20)12-28-17)15-10-14(23(25)26)7-8-16(15)21;1-19(2,3)25-18(24)11-17-23-20(9-5-4-6-13(20)12-26-17)15-10-14(22)7-8-16(15)21/h2*7-8,10,13H,4-6,9,11-12H2,1-3H3;7-8,10,13H,4-6,9,11-12,22H2,1-3H3/t3*13-,20-/m000/s1. The third-order valence-electron chi connectivity index (χ3n) is 15.3. The number of nitrogens with zero attached hydrogens (tertiary/aromatic N) is 5. The number of nitro benzene ring substituents is 2. The first kappa shape index (κ1) is 64.1. The largest absolute Gasteiger partial charge is 0.460 e. The molecule has 3 aliphatic carbocycles. The number of aliphatic imine (C=N–C) groups is 3. The molecule has 446 valence electrons. The van der Waals surface area contributed by atoms with Gasteiger partial charge in [0.15, 0.2) is 0 Å². The summed E-state index contributed by atoms with van der Waals surface area (Å²) in [6, 6.07) is 12.0. The van der Waals surface area contributed by atoms with Gasteiger partial charge in [-0.05, 0) is 149 Å². The lowest BCUT2D eigenvalue weighted by molar-refractivity contribution is -0.385. The monoisotopic (exact) mass is 1190 g/mol. The van der Waals surface area contributed by atoms with Gasteiger partial charge in [0, 0.05) is 63.9 Å². The third-order valence-corrected chi connectivity index (χ3v) is 18.7. The van der Waals surface area contributed by atoms with Crippen LogP contribution in [0.4, 0.5) is 30.2 Å². The van der Waals surface area contributed by atoms with Crippen LogP contribution in [0.3, 0.4) is 0 Å². The van der Waals surface area contributed by atoms with Gasteiger partial charge in [-0.15, -0.1) is 35.3 Å². The van der Waals surface area contributed by atoms with E-state index in [0.717, 1.165) is 87.1 Å². The van der Waals surface area contributed by atoms with Gasteiger partial charge in [-0.1, -0.05) is 38.5 Å². The molecule has 9 rings (SSSR count). The topological polar surface area (TPSA) is 228 Å². The lowest BCUT2D eigenvalue weighted by Gasteiger charge is -2.45. The van der Waals surface area contributed by atoms with Crippen LogP contribution < -0.4 is 5.73 Å². The fourth-order valence-electron chi connectivity index (χ4n) is 12.0. The van der Waals surface area contributed by atoms with E-state index < -0.39 is 54.9 Å². The quantitative estimate of drug-likeness (QED) is 0.0619. The number of anilines is 1. The number of benzene rings is 3. The van der Waals surface area contributed by atoms with Crippen molar-refractivity contribution in [2.24, 2.45) is 32.7 Å². The molecule has 82 heavy (non-hydrogen) atoms. The number of halogens is 3. The number of nitrogens with two attached hydrogens (primary N) is 1. The predicted molar refractivity (Wildman–Crippen MR) is 319 cm³/mol. The van der Waals surface area contributed by atoms with Crippen molar-refractivity contribution in [3.05, 3.63) is 109 Å². The second-order valence-corrected chi connectivity index (χ2v) is 28.2. The van der Waals surface area contributed by atoms with Gasteiger partial charge >= 0.3 is 17.9 Å². The average molecular weight is 1200 g/mol. The van der Waals surface area contributed by atoms with E-state index in [4.69, 9.17) is 34.9 Å². The maximum absolute atomic E-state index is 14.8. The van der Waals surface area contributed by atoms with Crippen LogP contribution in [-0.2, 0) is 45.2 Å². The molecule has 22 heteroatoms. The van der Waals surface area contributed by atoms with Crippen LogP contribution in [0.2, 0.25) is 0 Å². The van der Waals surface area contributed by atoms with Crippen LogP contribution in [0.25, 0.3) is 0 Å². The molecule has 0 aromatic heterocycles. The maximum atomic E-state index is 14.8. The molecule has 6 aliphatic rings. The third kappa shape index (κ3) is 16.0. The minimum atomic E-state index is -0.850. The zero-order valence-electron chi connectivity index (χ0n) is 48.4. The van der Waals surface area contributed by atoms with Crippen LogP contribution in [0.15, 0.2) is 69.6 Å². The summed E-state index contributed by atoms with van der Waals surface area (Å²) in [5.74, 6) is 0.443. The first-order valence-electron chi connectivity index (χ1n) is 28.2. The van der Waals surface area contributed by atoms with Gasteiger partial charge in [0.1, 0.15) is 34.3 Å². The number of carbonyl (C=O) groups excluding carboxylic acids is 3. The number of ether oxygens (including phenoxy) is 3. The molecule has 3 aromatic rings. The van der Waals surface area contributed by atoms with E-state index in [9.17, 15) is 47.8 Å². The molecule has 3 aromatic carbocycles. The highest BCUT2D eigenvalue weighted by molar-refractivity contribution is 8.14. The first-order chi connectivity index (χ1) is 38.4. The number of nitrogen functional groups attached to an aromatic ring is 1. The molecule has 16 nitrogen and oxygen atoms in total. The zero-order chi connectivity index (χ0) is 60.0. The number of non-ortho nitro benzene ring substituents is 2. The number of thioether (sulfide) groups is 3. The number of fused-ring (bicyclic) bond motifs is 3. The van der Waals surface area contributed by atoms with Crippen LogP contribution in [-0.4, -0.2) is 76.9 Å². The van der Waals surface area contributed by atoms with Gasteiger partial charge in [0.05, 0.1) is 60.9 Å². The van der Waals surface area contributed by atoms with Crippen LogP contribution in [0, 0.1) is 55.4 Å². The van der Waals surface area contributed by atoms with Crippen molar-refractivity contribution in [3.8, 4) is 0 Å². The summed E-state index contributed by atoms with van der Waals surface area (Å²) >= 11 is 4.61. The summed E-state index contributed by atoms with van der Waals surface area (Å²) in [5.41, 5.74) is 3.31. The normalized spacial score (nSPS) is 25.2. The Hall–Kier alpha value is -5.48. The molecule has 3 heterocycles. The second-order valence-electron chi connectivity index (χ2n) is 24.9. The summed E-state index contributed by atoms with van der Waals surface area (Å²) in [6.45, 7) is 16.4. The van der Waals surface area contributed by atoms with Crippen molar-refractivity contribution in [2.75, 3.05) is 23.0 Å². The molecular formula is C60H77F3N6O10S3. The number of rotatable bonds is 11. The highest BCUT2D eigenvalue weighted by atomic mass is 32.2. The zero-order valence-corrected chi connectivity index (χ0v) is 50.9. The molecule has 0 spiro atoms. The van der Waals surface area contributed by atoms with E-state index in [1.165, 1.54) is 53.9 Å². The van der Waals surface area contributed by atoms with Crippen molar-refractivity contribution >= 4 is 85.4 Å². The lowest BCUT2D eigenvalue weighted by atomic mass is 9.69. The van der Waals surface area contributed by atoms with Crippen molar-refractivity contribution < 1.29 is 51.6 Å². The molecule has 3 fully saturated rings. The smallest absolute Gasteiger partial charge is 0.312 e. The Kier molecular flexibility index (Phi) is 20.5. The molecule has 3 saturated carbocycles. The van der Waals surface area contributed by atoms with E-state index in [0.29, 0.717) is 45.7 Å². The Morgan fingerprint density at radius 1 is 0.524 bits per heavy atom. The molecular weight excluding hydrogens is 1120 g/mol. The molecule has 0 radical (unpaired) electrons. The average Bonchev–Trinajstić information content (AvgIpc) is 3.32. The lowest BCUT2D eigenvalue weighted by Crippen LogP contribution is -2.42. The summed E-state index contributed by atoms with van der Waals surface area (Å²) < 4.78 is 60.5. The van der Waals surface area contributed by atoms with Crippen LogP contribution in [0.5, 0.6) is 0 Å². The molecule has 0 bridgehead atoms. The second kappa shape index (κ2) is 26.2. The van der Waals surface area contributed by atoms with Gasteiger partial charge < -0.3 is 19.9 Å². The fourth-order valence-corrected chi connectivity index (χ4v) is 15.8. The number of esters is 3. The molecule has 0 amide bonds. The number of hydrogen-bond acceptors (Lipinski definition) is 17. The van der Waals surface area contributed by atoms with Crippen LogP contribution in [0.1, 0.15) is 175 Å². The Morgan fingerprint density at radius 3 is 1.11 bits per heavy atom. The summed E-state index contributed by atoms with van der Waals surface area (Å²) in [7, 11) is 0. The van der Waals surface area contributed by atoms with Crippen molar-refractivity contribution in [3.63, 3.8) is 0 Å². The van der Waals surface area contributed by atoms with Gasteiger partial charge in [-0.25, -0.2) is 13.2 Å². The summed E-state index contributed by atoms with van der Waals surface area (Å²) in [5, 5.41) is 24.4. The predicted octanol–water partition coefficient (Wildman–Crippen LogP) is 14.7. The summed E-state index contributed by atoms with van der Waals surface area (Å²) in [4.78, 5) is 72.9. The molecule has 3 aliphatic heterocycles. The number of carbonyl (C=O) groups is 3.